The largest absolute Gasteiger partial charge is 0.462 e. The number of amides is 1. The minimum Gasteiger partial charge on any atom is -0.462 e. The molecular weight excluding hydrogens is 410 g/mol. The van der Waals surface area contributed by atoms with Crippen LogP contribution in [0.4, 0.5) is 5.69 Å². The van der Waals surface area contributed by atoms with Gasteiger partial charge in [-0.1, -0.05) is 11.8 Å². The molecule has 0 radical (unpaired) electrons. The molecule has 30 heavy (non-hydrogen) atoms. The highest BCUT2D eigenvalue weighted by Crippen LogP contribution is 2.20. The number of hydrogen-bond donors (Lipinski definition) is 1. The van der Waals surface area contributed by atoms with Gasteiger partial charge in [0.15, 0.2) is 16.3 Å². The van der Waals surface area contributed by atoms with E-state index in [-0.39, 0.29) is 29.4 Å². The van der Waals surface area contributed by atoms with Crippen molar-refractivity contribution < 1.29 is 14.3 Å². The summed E-state index contributed by atoms with van der Waals surface area (Å²) in [7, 11) is 4.61. The van der Waals surface area contributed by atoms with Crippen LogP contribution < -0.4 is 16.6 Å². The zero-order chi connectivity index (χ0) is 22.0. The topological polar surface area (TPSA) is 117 Å². The van der Waals surface area contributed by atoms with Crippen LogP contribution in [-0.2, 0) is 30.7 Å². The molecule has 0 bridgehead atoms. The zero-order valence-corrected chi connectivity index (χ0v) is 17.8. The molecule has 0 aliphatic carbocycles. The molecule has 0 unspecified atom stereocenters. The summed E-state index contributed by atoms with van der Waals surface area (Å²) < 4.78 is 8.81. The van der Waals surface area contributed by atoms with Gasteiger partial charge in [-0.2, -0.15) is 0 Å². The number of nitrogens with one attached hydrogen (secondary N) is 1. The van der Waals surface area contributed by atoms with E-state index in [1.807, 2.05) is 0 Å². The van der Waals surface area contributed by atoms with Crippen molar-refractivity contribution in [2.45, 2.75) is 12.1 Å². The lowest BCUT2D eigenvalue weighted by atomic mass is 10.2. The van der Waals surface area contributed by atoms with E-state index in [9.17, 15) is 19.2 Å². The highest BCUT2D eigenvalue weighted by molar-refractivity contribution is 7.99. The summed E-state index contributed by atoms with van der Waals surface area (Å²) in [5.41, 5.74) is 0.582. The first-order valence-corrected chi connectivity index (χ1v) is 10.1. The van der Waals surface area contributed by atoms with Crippen molar-refractivity contribution >= 4 is 40.5 Å². The summed E-state index contributed by atoms with van der Waals surface area (Å²) in [4.78, 5) is 52.8. The van der Waals surface area contributed by atoms with Crippen molar-refractivity contribution in [3.63, 3.8) is 0 Å². The Morgan fingerprint density at radius 3 is 2.37 bits per heavy atom. The Bertz CT molecular complexity index is 1240. The molecule has 2 aromatic heterocycles. The van der Waals surface area contributed by atoms with Gasteiger partial charge in [-0.05, 0) is 31.2 Å². The van der Waals surface area contributed by atoms with Gasteiger partial charge in [0.2, 0.25) is 5.91 Å². The van der Waals surface area contributed by atoms with E-state index >= 15 is 0 Å². The number of benzene rings is 1. The van der Waals surface area contributed by atoms with E-state index in [1.54, 1.807) is 42.8 Å². The van der Waals surface area contributed by atoms with Gasteiger partial charge in [0.1, 0.15) is 0 Å². The van der Waals surface area contributed by atoms with Gasteiger partial charge in [-0.15, -0.1) is 0 Å². The number of carbonyl (C=O) groups is 2. The molecule has 1 amide bonds. The Morgan fingerprint density at radius 2 is 1.73 bits per heavy atom. The second-order valence-electron chi connectivity index (χ2n) is 6.47. The summed E-state index contributed by atoms with van der Waals surface area (Å²) in [6.45, 7) is 2.02. The van der Waals surface area contributed by atoms with Crippen molar-refractivity contribution in [3.05, 3.63) is 50.7 Å². The molecule has 3 rings (SSSR count). The fourth-order valence-corrected chi connectivity index (χ4v) is 3.63. The van der Waals surface area contributed by atoms with Crippen molar-refractivity contribution in [1.29, 1.82) is 0 Å². The van der Waals surface area contributed by atoms with E-state index in [4.69, 9.17) is 4.74 Å². The third-order valence-electron chi connectivity index (χ3n) is 4.45. The first-order chi connectivity index (χ1) is 14.2. The lowest BCUT2D eigenvalue weighted by molar-refractivity contribution is -0.113. The van der Waals surface area contributed by atoms with Gasteiger partial charge in [0.05, 0.1) is 17.9 Å². The number of anilines is 1. The minimum atomic E-state index is -0.467. The predicted molar refractivity (Wildman–Crippen MR) is 113 cm³/mol. The average Bonchev–Trinajstić information content (AvgIpc) is 3.06. The van der Waals surface area contributed by atoms with Gasteiger partial charge in [0.25, 0.3) is 5.56 Å². The first kappa shape index (κ1) is 21.4. The van der Waals surface area contributed by atoms with Crippen molar-refractivity contribution in [2.24, 2.45) is 21.1 Å². The molecule has 11 heteroatoms. The summed E-state index contributed by atoms with van der Waals surface area (Å²) >= 11 is 1.15. The van der Waals surface area contributed by atoms with E-state index in [1.165, 1.54) is 18.7 Å². The van der Waals surface area contributed by atoms with E-state index < -0.39 is 17.2 Å². The monoisotopic (exact) mass is 431 g/mol. The molecule has 0 saturated heterocycles. The molecule has 0 aliphatic rings. The number of nitrogens with zero attached hydrogens (tertiary/aromatic N) is 4. The molecular formula is C19H21N5O5S. The summed E-state index contributed by atoms with van der Waals surface area (Å²) in [6, 6.07) is 6.37. The molecule has 3 aromatic rings. The summed E-state index contributed by atoms with van der Waals surface area (Å²) in [6.07, 6.45) is 0. The van der Waals surface area contributed by atoms with Crippen LogP contribution in [0.15, 0.2) is 39.0 Å². The fraction of sp³-hybridized carbons (Fsp3) is 0.316. The predicted octanol–water partition coefficient (Wildman–Crippen LogP) is 0.878. The van der Waals surface area contributed by atoms with Crippen molar-refractivity contribution in [1.82, 2.24) is 18.7 Å². The third-order valence-corrected chi connectivity index (χ3v) is 5.48. The van der Waals surface area contributed by atoms with Crippen LogP contribution >= 0.6 is 11.8 Å². The third kappa shape index (κ3) is 4.01. The van der Waals surface area contributed by atoms with Crippen LogP contribution in [0.5, 0.6) is 0 Å². The standard InChI is InChI=1S/C19H21N5O5S/c1-5-29-17(27)11-6-8-12(9-7-11)20-13(25)10-30-18-21-15-14(22(18)2)16(26)24(4)19(28)23(15)3/h6-9H,5,10H2,1-4H3,(H,20,25). The number of hydrogen-bond acceptors (Lipinski definition) is 7. The van der Waals surface area contributed by atoms with E-state index in [0.29, 0.717) is 16.4 Å². The molecule has 2 heterocycles. The second kappa shape index (κ2) is 8.57. The van der Waals surface area contributed by atoms with Crippen molar-refractivity contribution in [2.75, 3.05) is 17.7 Å². The zero-order valence-electron chi connectivity index (χ0n) is 17.0. The van der Waals surface area contributed by atoms with Gasteiger partial charge in [0, 0.05) is 26.8 Å². The van der Waals surface area contributed by atoms with E-state index in [2.05, 4.69) is 10.3 Å². The summed E-state index contributed by atoms with van der Waals surface area (Å²) in [5, 5.41) is 3.18. The Hall–Kier alpha value is -3.34. The SMILES string of the molecule is CCOC(=O)c1ccc(NC(=O)CSc2nc3c(c(=O)n(C)c(=O)n3C)n2C)cc1. The highest BCUT2D eigenvalue weighted by atomic mass is 32.2. The van der Waals surface area contributed by atoms with Crippen LogP contribution in [0.25, 0.3) is 11.2 Å². The molecule has 0 aliphatic heterocycles. The number of carbonyl (C=O) groups excluding carboxylic acids is 2. The number of fused-ring (bicyclic) bond motifs is 1. The second-order valence-corrected chi connectivity index (χ2v) is 7.41. The molecule has 0 atom stereocenters. The molecule has 0 saturated carbocycles. The Balaban J connectivity index is 1.71. The quantitative estimate of drug-likeness (QED) is 0.455. The highest BCUT2D eigenvalue weighted by Gasteiger charge is 2.18. The maximum Gasteiger partial charge on any atom is 0.338 e. The van der Waals surface area contributed by atoms with E-state index in [0.717, 1.165) is 16.3 Å². The molecule has 158 valence electrons. The van der Waals surface area contributed by atoms with Gasteiger partial charge in [-0.3, -0.25) is 18.7 Å². The molecule has 0 fully saturated rings. The van der Waals surface area contributed by atoms with Gasteiger partial charge >= 0.3 is 11.7 Å². The number of imidazole rings is 1. The number of ether oxygens (including phenoxy) is 1. The average molecular weight is 431 g/mol. The van der Waals surface area contributed by atoms with Crippen LogP contribution in [0.1, 0.15) is 17.3 Å². The maximum atomic E-state index is 12.4. The smallest absolute Gasteiger partial charge is 0.338 e. The van der Waals surface area contributed by atoms with Crippen LogP contribution in [0.3, 0.4) is 0 Å². The molecule has 0 spiro atoms. The number of esters is 1. The Morgan fingerprint density at radius 1 is 1.07 bits per heavy atom. The van der Waals surface area contributed by atoms with Crippen molar-refractivity contribution in [3.8, 4) is 0 Å². The van der Waals surface area contributed by atoms with Gasteiger partial charge in [-0.25, -0.2) is 14.6 Å². The molecule has 10 nitrogen and oxygen atoms in total. The Labute approximate surface area is 175 Å². The number of aryl methyl sites for hydroxylation is 2. The van der Waals surface area contributed by atoms with Crippen LogP contribution in [0, 0.1) is 0 Å². The van der Waals surface area contributed by atoms with Gasteiger partial charge < -0.3 is 14.6 Å². The normalized spacial score (nSPS) is 10.9. The minimum absolute atomic E-state index is 0.0467. The summed E-state index contributed by atoms with van der Waals surface area (Å²) in [5.74, 6) is -0.656. The number of rotatable bonds is 6. The number of thioether (sulfide) groups is 1. The lowest BCUT2D eigenvalue weighted by Crippen LogP contribution is -2.37. The fourth-order valence-electron chi connectivity index (χ4n) is 2.86. The Kier molecular flexibility index (Phi) is 6.11. The maximum absolute atomic E-state index is 12.4. The first-order valence-electron chi connectivity index (χ1n) is 9.06. The lowest BCUT2D eigenvalue weighted by Gasteiger charge is -2.06. The molecule has 1 N–H and O–H groups in total. The van der Waals surface area contributed by atoms with Crippen LogP contribution in [0.2, 0.25) is 0 Å². The van der Waals surface area contributed by atoms with Crippen LogP contribution in [-0.4, -0.2) is 42.9 Å². The number of aromatic nitrogens is 4. The molecule has 1 aromatic carbocycles.